The Morgan fingerprint density at radius 2 is 2.06 bits per heavy atom. The second kappa shape index (κ2) is 5.01. The topological polar surface area (TPSA) is 65.8 Å². The minimum absolute atomic E-state index is 0.328. The smallest absolute Gasteiger partial charge is 0.423 e. The molecular formula is C9H12BClN2O3. The molecule has 0 aliphatic carbocycles. The van der Waals surface area contributed by atoms with Crippen LogP contribution in [0.25, 0.3) is 0 Å². The molecule has 2 N–H and O–H groups in total. The lowest BCUT2D eigenvalue weighted by molar-refractivity contribution is 0.122. The van der Waals surface area contributed by atoms with Crippen molar-refractivity contribution in [1.29, 1.82) is 0 Å². The summed E-state index contributed by atoms with van der Waals surface area (Å²) >= 11 is 5.77. The molecule has 86 valence electrons. The zero-order chi connectivity index (χ0) is 11.5. The highest BCUT2D eigenvalue weighted by atomic mass is 35.5. The first-order valence-corrected chi connectivity index (χ1v) is 5.40. The van der Waals surface area contributed by atoms with Crippen LogP contribution >= 0.6 is 11.6 Å². The van der Waals surface area contributed by atoms with Crippen molar-refractivity contribution in [1.82, 2.24) is 4.98 Å². The fraction of sp³-hybridized carbons (Fsp3) is 0.444. The highest BCUT2D eigenvalue weighted by Crippen LogP contribution is 2.14. The number of nitrogens with zero attached hydrogens (tertiary/aromatic N) is 2. The molecular weight excluding hydrogens is 230 g/mol. The van der Waals surface area contributed by atoms with Crippen LogP contribution < -0.4 is 10.4 Å². The summed E-state index contributed by atoms with van der Waals surface area (Å²) in [6.45, 7) is 2.61. The third-order valence-corrected chi connectivity index (χ3v) is 2.66. The van der Waals surface area contributed by atoms with Crippen molar-refractivity contribution in [2.45, 2.75) is 0 Å². The summed E-state index contributed by atoms with van der Waals surface area (Å²) in [7, 11) is -1.57. The molecule has 0 bridgehead atoms. The van der Waals surface area contributed by atoms with Crippen LogP contribution in [0.2, 0.25) is 5.02 Å². The van der Waals surface area contributed by atoms with Crippen molar-refractivity contribution < 1.29 is 14.8 Å². The maximum absolute atomic E-state index is 9.26. The molecule has 0 saturated carbocycles. The van der Waals surface area contributed by atoms with E-state index >= 15 is 0 Å². The Kier molecular flexibility index (Phi) is 3.65. The molecule has 1 aromatic heterocycles. The second-order valence-electron chi connectivity index (χ2n) is 3.54. The zero-order valence-corrected chi connectivity index (χ0v) is 9.39. The molecule has 2 heterocycles. The molecule has 16 heavy (non-hydrogen) atoms. The van der Waals surface area contributed by atoms with Crippen LogP contribution in [-0.2, 0) is 4.74 Å². The zero-order valence-electron chi connectivity index (χ0n) is 8.64. The number of morpholine rings is 1. The van der Waals surface area contributed by atoms with Crippen LogP contribution in [0, 0.1) is 0 Å². The lowest BCUT2D eigenvalue weighted by Crippen LogP contribution is -2.43. The number of rotatable bonds is 2. The maximum atomic E-state index is 9.26. The van der Waals surface area contributed by atoms with Crippen molar-refractivity contribution in [3.05, 3.63) is 17.3 Å². The third-order valence-electron chi connectivity index (χ3n) is 2.45. The number of pyridine rings is 1. The van der Waals surface area contributed by atoms with E-state index in [-0.39, 0.29) is 0 Å². The van der Waals surface area contributed by atoms with Gasteiger partial charge in [0, 0.05) is 24.7 Å². The SMILES string of the molecule is OB(O)c1cc(Cl)cnc1N1CCOCC1. The minimum Gasteiger partial charge on any atom is -0.423 e. The van der Waals surface area contributed by atoms with E-state index in [1.54, 1.807) is 0 Å². The molecule has 7 heteroatoms. The average molecular weight is 242 g/mol. The Morgan fingerprint density at radius 1 is 1.38 bits per heavy atom. The van der Waals surface area contributed by atoms with Gasteiger partial charge in [0.1, 0.15) is 5.82 Å². The first-order valence-electron chi connectivity index (χ1n) is 5.03. The molecule has 1 fully saturated rings. The molecule has 0 unspecified atom stereocenters. The van der Waals surface area contributed by atoms with Gasteiger partial charge in [-0.05, 0) is 6.07 Å². The number of ether oxygens (including phenoxy) is 1. The number of hydrogen-bond acceptors (Lipinski definition) is 5. The van der Waals surface area contributed by atoms with Crippen molar-refractivity contribution in [2.75, 3.05) is 31.2 Å². The minimum atomic E-state index is -1.57. The first kappa shape index (κ1) is 11.7. The molecule has 1 aliphatic heterocycles. The fourth-order valence-electron chi connectivity index (χ4n) is 1.68. The van der Waals surface area contributed by atoms with Crippen LogP contribution in [0.1, 0.15) is 0 Å². The molecule has 0 atom stereocenters. The molecule has 0 aromatic carbocycles. The van der Waals surface area contributed by atoms with Crippen LogP contribution in [0.15, 0.2) is 12.3 Å². The lowest BCUT2D eigenvalue weighted by atomic mass is 9.80. The highest BCUT2D eigenvalue weighted by Gasteiger charge is 2.23. The van der Waals surface area contributed by atoms with Gasteiger partial charge in [0.25, 0.3) is 0 Å². The van der Waals surface area contributed by atoms with Crippen LogP contribution in [0.3, 0.4) is 0 Å². The summed E-state index contributed by atoms with van der Waals surface area (Å²) in [6.07, 6.45) is 1.50. The van der Waals surface area contributed by atoms with Crippen LogP contribution in [0.4, 0.5) is 5.82 Å². The van der Waals surface area contributed by atoms with Crippen molar-refractivity contribution in [3.8, 4) is 0 Å². The standard InChI is InChI=1S/C9H12BClN2O3/c11-7-5-8(10(14)15)9(12-6-7)13-1-3-16-4-2-13/h5-6,14-15H,1-4H2. The molecule has 2 rings (SSSR count). The number of hydrogen-bond donors (Lipinski definition) is 2. The Morgan fingerprint density at radius 3 is 2.69 bits per heavy atom. The predicted molar refractivity (Wildman–Crippen MR) is 62.1 cm³/mol. The fourth-order valence-corrected chi connectivity index (χ4v) is 1.84. The molecule has 1 aromatic rings. The van der Waals surface area contributed by atoms with E-state index in [4.69, 9.17) is 16.3 Å². The molecule has 0 spiro atoms. The first-order chi connectivity index (χ1) is 7.68. The van der Waals surface area contributed by atoms with E-state index in [0.29, 0.717) is 42.6 Å². The monoisotopic (exact) mass is 242 g/mol. The highest BCUT2D eigenvalue weighted by molar-refractivity contribution is 6.60. The number of anilines is 1. The van der Waals surface area contributed by atoms with Crippen LogP contribution in [-0.4, -0.2) is 48.5 Å². The molecule has 1 aliphatic rings. The summed E-state index contributed by atoms with van der Waals surface area (Å²) in [4.78, 5) is 6.09. The molecule has 5 nitrogen and oxygen atoms in total. The largest absolute Gasteiger partial charge is 0.492 e. The summed E-state index contributed by atoms with van der Waals surface area (Å²) in [5.74, 6) is 0.558. The van der Waals surface area contributed by atoms with Gasteiger partial charge in [0.2, 0.25) is 0 Å². The average Bonchev–Trinajstić information content (AvgIpc) is 2.30. The van der Waals surface area contributed by atoms with Gasteiger partial charge >= 0.3 is 7.12 Å². The van der Waals surface area contributed by atoms with E-state index < -0.39 is 7.12 Å². The van der Waals surface area contributed by atoms with Gasteiger partial charge in [0.05, 0.1) is 18.2 Å². The van der Waals surface area contributed by atoms with Crippen molar-refractivity contribution >= 4 is 30.0 Å². The van der Waals surface area contributed by atoms with E-state index in [2.05, 4.69) is 4.98 Å². The quantitative estimate of drug-likeness (QED) is 0.668. The summed E-state index contributed by atoms with van der Waals surface area (Å²) in [5.41, 5.74) is 0.328. The van der Waals surface area contributed by atoms with Gasteiger partial charge in [-0.2, -0.15) is 0 Å². The Bertz CT molecular complexity index is 372. The van der Waals surface area contributed by atoms with Crippen LogP contribution in [0.5, 0.6) is 0 Å². The Hall–Kier alpha value is -0.815. The third kappa shape index (κ3) is 2.46. The summed E-state index contributed by atoms with van der Waals surface area (Å²) < 4.78 is 5.22. The van der Waals surface area contributed by atoms with Gasteiger partial charge in [-0.1, -0.05) is 11.6 Å². The van der Waals surface area contributed by atoms with Gasteiger partial charge in [-0.15, -0.1) is 0 Å². The van der Waals surface area contributed by atoms with E-state index in [1.807, 2.05) is 4.90 Å². The van der Waals surface area contributed by atoms with E-state index in [1.165, 1.54) is 12.3 Å². The number of halogens is 1. The Balaban J connectivity index is 2.31. The lowest BCUT2D eigenvalue weighted by Gasteiger charge is -2.29. The normalized spacial score (nSPS) is 16.3. The van der Waals surface area contributed by atoms with Gasteiger partial charge < -0.3 is 19.7 Å². The van der Waals surface area contributed by atoms with Crippen molar-refractivity contribution in [3.63, 3.8) is 0 Å². The van der Waals surface area contributed by atoms with E-state index in [9.17, 15) is 10.0 Å². The van der Waals surface area contributed by atoms with Crippen molar-refractivity contribution in [2.24, 2.45) is 0 Å². The summed E-state index contributed by atoms with van der Waals surface area (Å²) in [6, 6.07) is 1.52. The second-order valence-corrected chi connectivity index (χ2v) is 3.98. The van der Waals surface area contributed by atoms with E-state index in [0.717, 1.165) is 0 Å². The molecule has 0 amide bonds. The maximum Gasteiger partial charge on any atom is 0.492 e. The van der Waals surface area contributed by atoms with Gasteiger partial charge in [-0.3, -0.25) is 0 Å². The van der Waals surface area contributed by atoms with Gasteiger partial charge in [-0.25, -0.2) is 4.98 Å². The van der Waals surface area contributed by atoms with Gasteiger partial charge in [0.15, 0.2) is 0 Å². The Labute approximate surface area is 98.8 Å². The molecule has 0 radical (unpaired) electrons. The summed E-state index contributed by atoms with van der Waals surface area (Å²) in [5, 5.41) is 18.9. The predicted octanol–water partition coefficient (Wildman–Crippen LogP) is -0.749. The molecule has 1 saturated heterocycles. The number of aromatic nitrogens is 1.